The molecule has 0 radical (unpaired) electrons. The summed E-state index contributed by atoms with van der Waals surface area (Å²) in [6, 6.07) is 0. The maximum Gasteiger partial charge on any atom is 0.0827 e. The summed E-state index contributed by atoms with van der Waals surface area (Å²) in [5.74, 6) is 7.57. The van der Waals surface area contributed by atoms with Gasteiger partial charge >= 0.3 is 0 Å². The third kappa shape index (κ3) is 7.99. The van der Waals surface area contributed by atoms with Crippen molar-refractivity contribution in [1.82, 2.24) is 15.0 Å². The van der Waals surface area contributed by atoms with Crippen LogP contribution in [-0.4, -0.2) is 15.0 Å². The number of nitrogens with zero attached hydrogens (tertiary/aromatic N) is 3. The molecule has 0 saturated heterocycles. The summed E-state index contributed by atoms with van der Waals surface area (Å²) in [4.78, 5) is 0. The van der Waals surface area contributed by atoms with Crippen LogP contribution in [0.4, 0.5) is 0 Å². The molecule has 0 bridgehead atoms. The summed E-state index contributed by atoms with van der Waals surface area (Å²) in [6.07, 6.45) is 9.15. The van der Waals surface area contributed by atoms with Gasteiger partial charge in [0.2, 0.25) is 0 Å². The van der Waals surface area contributed by atoms with Crippen molar-refractivity contribution in [3.8, 4) is 11.8 Å². The molecule has 0 spiro atoms. The van der Waals surface area contributed by atoms with E-state index in [1.165, 1.54) is 25.7 Å². The first-order chi connectivity index (χ1) is 9.58. The molecule has 1 aromatic rings. The summed E-state index contributed by atoms with van der Waals surface area (Å²) in [5, 5.41) is 8.39. The molecule has 20 heavy (non-hydrogen) atoms. The van der Waals surface area contributed by atoms with E-state index in [0.29, 0.717) is 11.8 Å². The van der Waals surface area contributed by atoms with Gasteiger partial charge in [-0.1, -0.05) is 45.7 Å². The number of hydrogen-bond donors (Lipinski definition) is 0. The molecule has 1 heterocycles. The highest BCUT2D eigenvalue weighted by molar-refractivity contribution is 5.00. The largest absolute Gasteiger partial charge is 0.252 e. The van der Waals surface area contributed by atoms with Crippen molar-refractivity contribution in [3.05, 3.63) is 11.9 Å². The van der Waals surface area contributed by atoms with E-state index in [1.807, 2.05) is 4.68 Å². The van der Waals surface area contributed by atoms with Crippen LogP contribution in [-0.2, 0) is 13.0 Å². The lowest BCUT2D eigenvalue weighted by molar-refractivity contribution is 0.472. The van der Waals surface area contributed by atoms with Crippen LogP contribution in [0.25, 0.3) is 0 Å². The predicted octanol–water partition coefficient (Wildman–Crippen LogP) is 4.09. The Kier molecular flexibility index (Phi) is 8.02. The predicted molar refractivity (Wildman–Crippen MR) is 84.3 cm³/mol. The van der Waals surface area contributed by atoms with E-state index < -0.39 is 0 Å². The molecule has 0 atom stereocenters. The van der Waals surface area contributed by atoms with E-state index in [9.17, 15) is 0 Å². The summed E-state index contributed by atoms with van der Waals surface area (Å²) in [7, 11) is 0. The van der Waals surface area contributed by atoms with E-state index in [1.54, 1.807) is 0 Å². The fourth-order valence-electron chi connectivity index (χ4n) is 2.07. The second kappa shape index (κ2) is 9.58. The first-order valence-electron chi connectivity index (χ1n) is 7.95. The lowest BCUT2D eigenvalue weighted by Crippen LogP contribution is -2.04. The van der Waals surface area contributed by atoms with Crippen LogP contribution in [0.3, 0.4) is 0 Å². The maximum absolute atomic E-state index is 4.23. The fourth-order valence-corrected chi connectivity index (χ4v) is 2.07. The zero-order chi connectivity index (χ0) is 14.8. The van der Waals surface area contributed by atoms with E-state index in [2.05, 4.69) is 56.0 Å². The van der Waals surface area contributed by atoms with Crippen molar-refractivity contribution in [3.63, 3.8) is 0 Å². The zero-order valence-electron chi connectivity index (χ0n) is 13.5. The van der Waals surface area contributed by atoms with Gasteiger partial charge in [0.05, 0.1) is 5.69 Å². The Balaban J connectivity index is 2.07. The smallest absolute Gasteiger partial charge is 0.0827 e. The van der Waals surface area contributed by atoms with Crippen molar-refractivity contribution in [2.24, 2.45) is 11.8 Å². The Morgan fingerprint density at radius 1 is 1.10 bits per heavy atom. The molecule has 0 amide bonds. The molecule has 0 fully saturated rings. The van der Waals surface area contributed by atoms with Gasteiger partial charge in [0.25, 0.3) is 0 Å². The van der Waals surface area contributed by atoms with Crippen molar-refractivity contribution in [1.29, 1.82) is 0 Å². The standard InChI is InChI=1S/C17H29N3/c1-15(2)11-9-7-5-6-8-10-12-17-14-20(19-18-17)13-16(3)4/h14-16H,5-8,10,12-13H2,1-4H3. The zero-order valence-corrected chi connectivity index (χ0v) is 13.5. The highest BCUT2D eigenvalue weighted by Crippen LogP contribution is 2.07. The summed E-state index contributed by atoms with van der Waals surface area (Å²) in [6.45, 7) is 9.63. The molecule has 3 nitrogen and oxygen atoms in total. The first-order valence-corrected chi connectivity index (χ1v) is 7.95. The Labute approximate surface area is 124 Å². The Morgan fingerprint density at radius 2 is 1.85 bits per heavy atom. The van der Waals surface area contributed by atoms with Crippen LogP contribution >= 0.6 is 0 Å². The number of unbranched alkanes of at least 4 members (excludes halogenated alkanes) is 4. The Morgan fingerprint density at radius 3 is 2.55 bits per heavy atom. The monoisotopic (exact) mass is 275 g/mol. The van der Waals surface area contributed by atoms with Gasteiger partial charge < -0.3 is 0 Å². The number of aryl methyl sites for hydroxylation is 1. The van der Waals surface area contributed by atoms with Gasteiger partial charge in [-0.05, 0) is 25.2 Å². The van der Waals surface area contributed by atoms with Crippen molar-refractivity contribution >= 4 is 0 Å². The van der Waals surface area contributed by atoms with Gasteiger partial charge in [-0.3, -0.25) is 4.68 Å². The van der Waals surface area contributed by atoms with Crippen molar-refractivity contribution < 1.29 is 0 Å². The molecular weight excluding hydrogens is 246 g/mol. The molecule has 0 aliphatic heterocycles. The molecule has 0 aliphatic rings. The first kappa shape index (κ1) is 16.8. The number of aromatic nitrogens is 3. The van der Waals surface area contributed by atoms with Gasteiger partial charge in [0, 0.05) is 25.1 Å². The Bertz CT molecular complexity index is 421. The number of rotatable bonds is 8. The molecule has 1 aromatic heterocycles. The lowest BCUT2D eigenvalue weighted by atomic mass is 10.1. The Hall–Kier alpha value is -1.30. The van der Waals surface area contributed by atoms with Crippen LogP contribution in [0.2, 0.25) is 0 Å². The van der Waals surface area contributed by atoms with Gasteiger partial charge in [-0.2, -0.15) is 0 Å². The van der Waals surface area contributed by atoms with E-state index in [0.717, 1.165) is 25.1 Å². The molecule has 112 valence electrons. The molecule has 0 aliphatic carbocycles. The third-order valence-corrected chi connectivity index (χ3v) is 3.01. The third-order valence-electron chi connectivity index (χ3n) is 3.01. The summed E-state index contributed by atoms with van der Waals surface area (Å²) >= 11 is 0. The highest BCUT2D eigenvalue weighted by Gasteiger charge is 2.02. The summed E-state index contributed by atoms with van der Waals surface area (Å²) < 4.78 is 1.96. The summed E-state index contributed by atoms with van der Waals surface area (Å²) in [5.41, 5.74) is 1.13. The van der Waals surface area contributed by atoms with Crippen LogP contribution < -0.4 is 0 Å². The minimum Gasteiger partial charge on any atom is -0.252 e. The van der Waals surface area contributed by atoms with E-state index in [4.69, 9.17) is 0 Å². The van der Waals surface area contributed by atoms with E-state index >= 15 is 0 Å². The van der Waals surface area contributed by atoms with Gasteiger partial charge in [-0.25, -0.2) is 0 Å². The minimum absolute atomic E-state index is 0.503. The van der Waals surface area contributed by atoms with E-state index in [-0.39, 0.29) is 0 Å². The fraction of sp³-hybridized carbons (Fsp3) is 0.765. The van der Waals surface area contributed by atoms with Crippen LogP contribution in [0.15, 0.2) is 6.20 Å². The van der Waals surface area contributed by atoms with Crippen molar-refractivity contribution in [2.75, 3.05) is 0 Å². The highest BCUT2D eigenvalue weighted by atomic mass is 15.4. The average Bonchev–Trinajstić information content (AvgIpc) is 2.79. The molecule has 0 unspecified atom stereocenters. The SMILES string of the molecule is CC(C)C#CCCCCCCc1cn(CC(C)C)nn1. The van der Waals surface area contributed by atoms with Gasteiger partial charge in [-0.15, -0.1) is 16.9 Å². The topological polar surface area (TPSA) is 30.7 Å². The van der Waals surface area contributed by atoms with Gasteiger partial charge in [0.1, 0.15) is 0 Å². The normalized spacial score (nSPS) is 10.9. The quantitative estimate of drug-likeness (QED) is 0.528. The molecular formula is C17H29N3. The molecule has 3 heteroatoms. The van der Waals surface area contributed by atoms with Crippen molar-refractivity contribution in [2.45, 2.75) is 72.8 Å². The molecule has 0 aromatic carbocycles. The molecule has 0 N–H and O–H groups in total. The lowest BCUT2D eigenvalue weighted by Gasteiger charge is -2.02. The molecule has 0 saturated carbocycles. The second-order valence-electron chi connectivity index (χ2n) is 6.22. The van der Waals surface area contributed by atoms with Crippen LogP contribution in [0, 0.1) is 23.7 Å². The van der Waals surface area contributed by atoms with Crippen LogP contribution in [0.5, 0.6) is 0 Å². The minimum atomic E-state index is 0.503. The maximum atomic E-state index is 4.23. The molecule has 1 rings (SSSR count). The van der Waals surface area contributed by atoms with Gasteiger partial charge in [0.15, 0.2) is 0 Å². The average molecular weight is 275 g/mol. The van der Waals surface area contributed by atoms with Crippen LogP contribution in [0.1, 0.15) is 65.5 Å². The second-order valence-corrected chi connectivity index (χ2v) is 6.22. The number of hydrogen-bond acceptors (Lipinski definition) is 2.